The van der Waals surface area contributed by atoms with Gasteiger partial charge in [-0.1, -0.05) is 12.1 Å². The van der Waals surface area contributed by atoms with Gasteiger partial charge in [-0.15, -0.1) is 22.7 Å². The lowest BCUT2D eigenvalue weighted by Crippen LogP contribution is -2.24. The molecule has 30 heavy (non-hydrogen) atoms. The van der Waals surface area contributed by atoms with E-state index in [-0.39, 0.29) is 18.9 Å². The Morgan fingerprint density at radius 3 is 2.87 bits per heavy atom. The molecule has 3 heterocycles. The number of rotatable bonds is 7. The number of hydrogen-bond donors (Lipinski definition) is 1. The number of anilines is 2. The van der Waals surface area contributed by atoms with E-state index in [4.69, 9.17) is 4.74 Å². The summed E-state index contributed by atoms with van der Waals surface area (Å²) >= 11 is 3.06. The molecule has 1 aliphatic heterocycles. The molecule has 0 aliphatic carbocycles. The standard InChI is InChI=1S/C21H19N3O4S2/c25-18(22-14-4-1-5-16(10-14)24-8-2-7-19(24)26)12-28-20(27)11-15-13-30-21(23-15)17-6-3-9-29-17/h1,3-6,9-10,13H,2,7-8,11-12H2,(H,22,25). The van der Waals surface area contributed by atoms with E-state index in [9.17, 15) is 14.4 Å². The number of nitrogens with zero attached hydrogens (tertiary/aromatic N) is 2. The minimum Gasteiger partial charge on any atom is -0.455 e. The average molecular weight is 442 g/mol. The smallest absolute Gasteiger partial charge is 0.312 e. The zero-order valence-electron chi connectivity index (χ0n) is 16.0. The zero-order valence-corrected chi connectivity index (χ0v) is 17.6. The molecule has 1 aliphatic rings. The van der Waals surface area contributed by atoms with E-state index in [0.717, 1.165) is 22.0 Å². The van der Waals surface area contributed by atoms with Crippen LogP contribution in [0.15, 0.2) is 47.2 Å². The monoisotopic (exact) mass is 441 g/mol. The normalized spacial score (nSPS) is 13.5. The van der Waals surface area contributed by atoms with Crippen LogP contribution in [0.25, 0.3) is 9.88 Å². The molecule has 0 unspecified atom stereocenters. The molecule has 1 aromatic carbocycles. The quantitative estimate of drug-likeness (QED) is 0.565. The van der Waals surface area contributed by atoms with Crippen molar-refractivity contribution in [3.8, 4) is 9.88 Å². The first-order valence-electron chi connectivity index (χ1n) is 9.43. The van der Waals surface area contributed by atoms with E-state index < -0.39 is 11.9 Å². The summed E-state index contributed by atoms with van der Waals surface area (Å²) in [4.78, 5) is 43.3. The molecule has 4 rings (SSSR count). The van der Waals surface area contributed by atoms with Crippen molar-refractivity contribution < 1.29 is 19.1 Å². The molecule has 0 atom stereocenters. The van der Waals surface area contributed by atoms with E-state index >= 15 is 0 Å². The Hall–Kier alpha value is -3.04. The first-order valence-corrected chi connectivity index (χ1v) is 11.2. The van der Waals surface area contributed by atoms with Gasteiger partial charge >= 0.3 is 5.97 Å². The third kappa shape index (κ3) is 4.92. The van der Waals surface area contributed by atoms with Crippen LogP contribution in [0.3, 0.4) is 0 Å². The topological polar surface area (TPSA) is 88.6 Å². The van der Waals surface area contributed by atoms with Gasteiger partial charge in [-0.3, -0.25) is 14.4 Å². The van der Waals surface area contributed by atoms with E-state index in [1.54, 1.807) is 34.4 Å². The second-order valence-corrected chi connectivity index (χ2v) is 8.51. The minimum absolute atomic E-state index is 0.0156. The molecule has 1 fully saturated rings. The molecule has 0 radical (unpaired) electrons. The van der Waals surface area contributed by atoms with Crippen molar-refractivity contribution in [1.29, 1.82) is 0 Å². The second-order valence-electron chi connectivity index (χ2n) is 6.71. The highest BCUT2D eigenvalue weighted by molar-refractivity contribution is 7.20. The maximum absolute atomic E-state index is 12.1. The molecule has 154 valence electrons. The number of carbonyl (C=O) groups excluding carboxylic acids is 3. The Balaban J connectivity index is 1.27. The molecule has 3 aromatic rings. The molecule has 0 bridgehead atoms. The summed E-state index contributed by atoms with van der Waals surface area (Å²) in [6.07, 6.45) is 1.39. The fourth-order valence-electron chi connectivity index (χ4n) is 3.12. The van der Waals surface area contributed by atoms with Crippen molar-refractivity contribution in [3.05, 3.63) is 52.9 Å². The molecular formula is C21H19N3O4S2. The van der Waals surface area contributed by atoms with Gasteiger partial charge < -0.3 is 15.0 Å². The third-order valence-corrected chi connectivity index (χ3v) is 6.42. The van der Waals surface area contributed by atoms with Crippen molar-refractivity contribution in [2.75, 3.05) is 23.4 Å². The van der Waals surface area contributed by atoms with Gasteiger partial charge in [-0.2, -0.15) is 0 Å². The van der Waals surface area contributed by atoms with Crippen LogP contribution < -0.4 is 10.2 Å². The van der Waals surface area contributed by atoms with Crippen LogP contribution in [0.1, 0.15) is 18.5 Å². The van der Waals surface area contributed by atoms with Gasteiger partial charge in [0.05, 0.1) is 17.0 Å². The van der Waals surface area contributed by atoms with Gasteiger partial charge in [0.15, 0.2) is 6.61 Å². The van der Waals surface area contributed by atoms with Gasteiger partial charge in [-0.25, -0.2) is 4.98 Å². The molecule has 1 saturated heterocycles. The number of nitrogens with one attached hydrogen (secondary N) is 1. The van der Waals surface area contributed by atoms with Crippen molar-refractivity contribution >= 4 is 51.8 Å². The lowest BCUT2D eigenvalue weighted by Gasteiger charge is -2.16. The summed E-state index contributed by atoms with van der Waals surface area (Å²) in [6.45, 7) is 0.298. The highest BCUT2D eigenvalue weighted by Gasteiger charge is 2.22. The summed E-state index contributed by atoms with van der Waals surface area (Å²) in [5.41, 5.74) is 1.92. The number of hydrogen-bond acceptors (Lipinski definition) is 7. The lowest BCUT2D eigenvalue weighted by atomic mass is 10.2. The number of esters is 1. The predicted octanol–water partition coefficient (Wildman–Crippen LogP) is 3.72. The highest BCUT2D eigenvalue weighted by Crippen LogP contribution is 2.28. The Bertz CT molecular complexity index is 1060. The van der Waals surface area contributed by atoms with E-state index in [2.05, 4.69) is 10.3 Å². The Kier molecular flexibility index (Phi) is 6.20. The fourth-order valence-corrected chi connectivity index (χ4v) is 4.75. The van der Waals surface area contributed by atoms with Gasteiger partial charge in [0.25, 0.3) is 5.91 Å². The Labute approximate surface area is 181 Å². The number of ether oxygens (including phenoxy) is 1. The first kappa shape index (κ1) is 20.2. The van der Waals surface area contributed by atoms with Gasteiger partial charge in [0.1, 0.15) is 5.01 Å². The number of thiazole rings is 1. The van der Waals surface area contributed by atoms with Gasteiger partial charge in [0, 0.05) is 29.7 Å². The van der Waals surface area contributed by atoms with Crippen LogP contribution in [0.4, 0.5) is 11.4 Å². The SMILES string of the molecule is O=C(COC(=O)Cc1csc(-c2cccs2)n1)Nc1cccc(N2CCCC2=O)c1. The van der Waals surface area contributed by atoms with E-state index in [1.165, 1.54) is 11.3 Å². The average Bonchev–Trinajstić information content (AvgIpc) is 3.48. The van der Waals surface area contributed by atoms with Crippen LogP contribution in [0.2, 0.25) is 0 Å². The maximum Gasteiger partial charge on any atom is 0.312 e. The lowest BCUT2D eigenvalue weighted by molar-refractivity contribution is -0.146. The van der Waals surface area contributed by atoms with Crippen molar-refractivity contribution in [1.82, 2.24) is 4.98 Å². The Morgan fingerprint density at radius 2 is 2.10 bits per heavy atom. The third-order valence-electron chi connectivity index (χ3n) is 4.49. The molecule has 2 amide bonds. The number of benzene rings is 1. The number of amides is 2. The van der Waals surface area contributed by atoms with Gasteiger partial charge in [0.2, 0.25) is 5.91 Å². The summed E-state index contributed by atoms with van der Waals surface area (Å²) in [5.74, 6) is -0.868. The first-order chi connectivity index (χ1) is 14.6. The molecule has 7 nitrogen and oxygen atoms in total. The van der Waals surface area contributed by atoms with E-state index in [1.807, 2.05) is 29.0 Å². The van der Waals surface area contributed by atoms with Crippen LogP contribution in [-0.2, 0) is 25.5 Å². The Morgan fingerprint density at radius 1 is 1.20 bits per heavy atom. The molecule has 0 saturated carbocycles. The predicted molar refractivity (Wildman–Crippen MR) is 117 cm³/mol. The summed E-state index contributed by atoms with van der Waals surface area (Å²) < 4.78 is 5.08. The number of aromatic nitrogens is 1. The number of thiophene rings is 1. The summed E-state index contributed by atoms with van der Waals surface area (Å²) in [7, 11) is 0. The highest BCUT2D eigenvalue weighted by atomic mass is 32.1. The van der Waals surface area contributed by atoms with Crippen LogP contribution in [0.5, 0.6) is 0 Å². The molecular weight excluding hydrogens is 422 g/mol. The van der Waals surface area contributed by atoms with Crippen LogP contribution >= 0.6 is 22.7 Å². The van der Waals surface area contributed by atoms with Gasteiger partial charge in [-0.05, 0) is 36.1 Å². The van der Waals surface area contributed by atoms with Crippen LogP contribution in [0, 0.1) is 0 Å². The van der Waals surface area contributed by atoms with Crippen molar-refractivity contribution in [3.63, 3.8) is 0 Å². The fraction of sp³-hybridized carbons (Fsp3) is 0.238. The molecule has 0 spiro atoms. The molecule has 1 N–H and O–H groups in total. The van der Waals surface area contributed by atoms with Crippen molar-refractivity contribution in [2.24, 2.45) is 0 Å². The van der Waals surface area contributed by atoms with Crippen LogP contribution in [-0.4, -0.2) is 35.9 Å². The molecule has 9 heteroatoms. The summed E-state index contributed by atoms with van der Waals surface area (Å²) in [6, 6.07) is 11.0. The van der Waals surface area contributed by atoms with Crippen molar-refractivity contribution in [2.45, 2.75) is 19.3 Å². The maximum atomic E-state index is 12.1. The number of carbonyl (C=O) groups is 3. The largest absolute Gasteiger partial charge is 0.455 e. The minimum atomic E-state index is -0.510. The summed E-state index contributed by atoms with van der Waals surface area (Å²) in [5, 5.41) is 7.35. The van der Waals surface area contributed by atoms with E-state index in [0.29, 0.717) is 24.3 Å². The second kappa shape index (κ2) is 9.19. The molecule has 2 aromatic heterocycles. The zero-order chi connectivity index (χ0) is 20.9.